The maximum atomic E-state index is 11.6. The van der Waals surface area contributed by atoms with Crippen LogP contribution in [0.5, 0.6) is 0 Å². The molecule has 0 fully saturated rings. The molecule has 6 heteroatoms. The zero-order valence-corrected chi connectivity index (χ0v) is 9.04. The quantitative estimate of drug-likeness (QED) is 0.652. The summed E-state index contributed by atoms with van der Waals surface area (Å²) < 4.78 is 11.6. The van der Waals surface area contributed by atoms with Crippen molar-refractivity contribution in [2.45, 2.75) is 37.2 Å². The molecule has 0 aliphatic heterocycles. The first-order valence-electron chi connectivity index (χ1n) is 4.30. The van der Waals surface area contributed by atoms with Gasteiger partial charge in [0.05, 0.1) is 6.42 Å². The van der Waals surface area contributed by atoms with E-state index < -0.39 is 33.2 Å². The Morgan fingerprint density at radius 3 is 2.29 bits per heavy atom. The third-order valence-corrected chi connectivity index (χ3v) is 3.91. The summed E-state index contributed by atoms with van der Waals surface area (Å²) in [6, 6.07) is 0. The Morgan fingerprint density at radius 1 is 1.50 bits per heavy atom. The average Bonchev–Trinajstić information content (AvgIpc) is 2.03. The van der Waals surface area contributed by atoms with Crippen molar-refractivity contribution in [3.8, 4) is 0 Å². The number of primary amides is 1. The van der Waals surface area contributed by atoms with Crippen LogP contribution in [0.1, 0.15) is 26.7 Å². The number of carboxylic acid groups (broad SMARTS) is 1. The fourth-order valence-corrected chi connectivity index (χ4v) is 2.51. The summed E-state index contributed by atoms with van der Waals surface area (Å²) in [5.74, 6) is -1.66. The molecule has 0 saturated carbocycles. The van der Waals surface area contributed by atoms with Crippen LogP contribution in [-0.2, 0) is 20.4 Å². The lowest BCUT2D eigenvalue weighted by atomic mass is 10.3. The molecule has 1 amide bonds. The molecule has 0 radical (unpaired) electrons. The molecule has 3 unspecified atom stereocenters. The minimum Gasteiger partial charge on any atom is -0.481 e. The lowest BCUT2D eigenvalue weighted by Gasteiger charge is -2.15. The van der Waals surface area contributed by atoms with E-state index in [0.717, 1.165) is 0 Å². The molecule has 0 aromatic heterocycles. The van der Waals surface area contributed by atoms with Crippen molar-refractivity contribution in [1.29, 1.82) is 0 Å². The van der Waals surface area contributed by atoms with E-state index in [2.05, 4.69) is 0 Å². The Hall–Kier alpha value is -0.910. The predicted molar refractivity (Wildman–Crippen MR) is 53.1 cm³/mol. The maximum Gasteiger partial charge on any atom is 0.304 e. The molecule has 0 heterocycles. The number of carbonyl (C=O) groups is 2. The van der Waals surface area contributed by atoms with Crippen molar-refractivity contribution in [2.75, 3.05) is 0 Å². The molecular formula is C8H15NO4S. The zero-order valence-electron chi connectivity index (χ0n) is 8.23. The lowest BCUT2D eigenvalue weighted by Crippen LogP contribution is -2.36. The molecule has 0 aromatic rings. The van der Waals surface area contributed by atoms with Gasteiger partial charge in [-0.2, -0.15) is 0 Å². The monoisotopic (exact) mass is 221 g/mol. The van der Waals surface area contributed by atoms with Crippen LogP contribution in [0.4, 0.5) is 0 Å². The van der Waals surface area contributed by atoms with Gasteiger partial charge in [0.15, 0.2) is 0 Å². The van der Waals surface area contributed by atoms with Gasteiger partial charge in [-0.25, -0.2) is 0 Å². The topological polar surface area (TPSA) is 97.5 Å². The van der Waals surface area contributed by atoms with E-state index >= 15 is 0 Å². The number of rotatable bonds is 6. The van der Waals surface area contributed by atoms with Crippen LogP contribution in [0.15, 0.2) is 0 Å². The first kappa shape index (κ1) is 13.1. The first-order valence-corrected chi connectivity index (χ1v) is 5.58. The lowest BCUT2D eigenvalue weighted by molar-refractivity contribution is -0.137. The Bertz CT molecular complexity index is 254. The Kier molecular flexibility index (Phi) is 5.37. The number of hydrogen-bond acceptors (Lipinski definition) is 3. The molecule has 5 nitrogen and oxygen atoms in total. The van der Waals surface area contributed by atoms with Crippen LogP contribution in [0.2, 0.25) is 0 Å². The number of carbonyl (C=O) groups excluding carboxylic acids is 1. The van der Waals surface area contributed by atoms with Crippen molar-refractivity contribution in [1.82, 2.24) is 0 Å². The molecule has 0 aromatic carbocycles. The van der Waals surface area contributed by atoms with Crippen molar-refractivity contribution in [2.24, 2.45) is 5.73 Å². The van der Waals surface area contributed by atoms with Gasteiger partial charge in [0.2, 0.25) is 5.91 Å². The van der Waals surface area contributed by atoms with Gasteiger partial charge >= 0.3 is 5.97 Å². The minimum absolute atomic E-state index is 0.212. The molecule has 14 heavy (non-hydrogen) atoms. The number of carboxylic acids is 1. The second kappa shape index (κ2) is 5.74. The number of hydrogen-bond donors (Lipinski definition) is 2. The van der Waals surface area contributed by atoms with Gasteiger partial charge in [-0.05, 0) is 6.42 Å². The summed E-state index contributed by atoms with van der Waals surface area (Å²) in [6.45, 7) is 3.23. The van der Waals surface area contributed by atoms with E-state index in [1.165, 1.54) is 6.92 Å². The maximum absolute atomic E-state index is 11.6. The van der Waals surface area contributed by atoms with Crippen LogP contribution >= 0.6 is 0 Å². The van der Waals surface area contributed by atoms with Crippen molar-refractivity contribution in [3.63, 3.8) is 0 Å². The highest BCUT2D eigenvalue weighted by Gasteiger charge is 2.26. The van der Waals surface area contributed by atoms with Crippen LogP contribution < -0.4 is 5.73 Å². The predicted octanol–water partition coefficient (Wildman–Crippen LogP) is -0.138. The summed E-state index contributed by atoms with van der Waals surface area (Å²) in [5.41, 5.74) is 5.04. The van der Waals surface area contributed by atoms with Gasteiger partial charge in [-0.1, -0.05) is 13.8 Å². The van der Waals surface area contributed by atoms with Crippen LogP contribution in [0, 0.1) is 0 Å². The fraction of sp³-hybridized carbons (Fsp3) is 0.750. The summed E-state index contributed by atoms with van der Waals surface area (Å²) >= 11 is 0. The number of amides is 1. The van der Waals surface area contributed by atoms with Gasteiger partial charge < -0.3 is 10.8 Å². The number of aliphatic carboxylic acids is 1. The fourth-order valence-electron chi connectivity index (χ4n) is 1.09. The van der Waals surface area contributed by atoms with E-state index in [9.17, 15) is 13.8 Å². The van der Waals surface area contributed by atoms with Crippen molar-refractivity contribution < 1.29 is 18.9 Å². The number of nitrogens with two attached hydrogens (primary N) is 1. The molecule has 3 N–H and O–H groups in total. The highest BCUT2D eigenvalue weighted by Crippen LogP contribution is 2.10. The van der Waals surface area contributed by atoms with Gasteiger partial charge in [0.25, 0.3) is 0 Å². The van der Waals surface area contributed by atoms with Gasteiger partial charge in [-0.15, -0.1) is 0 Å². The van der Waals surface area contributed by atoms with E-state index in [1.54, 1.807) is 6.92 Å². The first-order chi connectivity index (χ1) is 6.40. The van der Waals surface area contributed by atoms with E-state index in [0.29, 0.717) is 6.42 Å². The zero-order chi connectivity index (χ0) is 11.3. The van der Waals surface area contributed by atoms with Crippen LogP contribution in [-0.4, -0.2) is 31.7 Å². The molecule has 3 atom stereocenters. The third kappa shape index (κ3) is 3.87. The normalized spacial score (nSPS) is 17.0. The average molecular weight is 221 g/mol. The Labute approximate surface area is 85.1 Å². The molecule has 0 spiro atoms. The Balaban J connectivity index is 4.42. The molecule has 0 rings (SSSR count). The Morgan fingerprint density at radius 2 is 2.00 bits per heavy atom. The van der Waals surface area contributed by atoms with Crippen LogP contribution in [0.25, 0.3) is 0 Å². The molecule has 82 valence electrons. The van der Waals surface area contributed by atoms with E-state index in [-0.39, 0.29) is 6.42 Å². The van der Waals surface area contributed by atoms with Crippen molar-refractivity contribution in [3.05, 3.63) is 0 Å². The summed E-state index contributed by atoms with van der Waals surface area (Å²) in [6.07, 6.45) is 0.155. The second-order valence-corrected chi connectivity index (χ2v) is 5.07. The highest BCUT2D eigenvalue weighted by atomic mass is 32.2. The molecule has 0 aliphatic carbocycles. The molecule has 0 aliphatic rings. The third-order valence-electron chi connectivity index (χ3n) is 1.83. The standard InChI is InChI=1S/C8H15NO4S/c1-3-6(8(9)12)14(13)5(2)4-7(10)11/h5-6H,3-4H2,1-2H3,(H2,9,12)(H,10,11). The molecule has 0 saturated heterocycles. The summed E-state index contributed by atoms with van der Waals surface area (Å²) in [4.78, 5) is 21.2. The van der Waals surface area contributed by atoms with Gasteiger partial charge in [0.1, 0.15) is 5.25 Å². The van der Waals surface area contributed by atoms with Gasteiger partial charge in [-0.3, -0.25) is 13.8 Å². The SMILES string of the molecule is CCC(C(N)=O)S(=O)C(C)CC(=O)O. The van der Waals surface area contributed by atoms with Crippen LogP contribution in [0.3, 0.4) is 0 Å². The summed E-state index contributed by atoms with van der Waals surface area (Å²) in [7, 11) is -1.51. The van der Waals surface area contributed by atoms with Crippen molar-refractivity contribution >= 4 is 22.7 Å². The van der Waals surface area contributed by atoms with Gasteiger partial charge in [0, 0.05) is 16.0 Å². The largest absolute Gasteiger partial charge is 0.481 e. The van der Waals surface area contributed by atoms with E-state index in [4.69, 9.17) is 10.8 Å². The minimum atomic E-state index is -1.51. The smallest absolute Gasteiger partial charge is 0.304 e. The molecule has 0 bridgehead atoms. The summed E-state index contributed by atoms with van der Waals surface area (Å²) in [5, 5.41) is 7.18. The molecular weight excluding hydrogens is 206 g/mol. The second-order valence-electron chi connectivity index (χ2n) is 3.04. The van der Waals surface area contributed by atoms with E-state index in [1.807, 2.05) is 0 Å². The highest BCUT2D eigenvalue weighted by molar-refractivity contribution is 7.87.